The fourth-order valence-electron chi connectivity index (χ4n) is 2.55. The fraction of sp³-hybridized carbons (Fsp3) is 0.316. The molecule has 0 bridgehead atoms. The zero-order valence-electron chi connectivity index (χ0n) is 13.8. The molecule has 1 aromatic rings. The molecule has 1 amide bonds. The maximum absolute atomic E-state index is 10.9. The number of hydrogen-bond donors (Lipinski definition) is 4. The lowest BCUT2D eigenvalue weighted by molar-refractivity contribution is -0.110. The molecule has 130 valence electrons. The van der Waals surface area contributed by atoms with E-state index in [9.17, 15) is 9.90 Å². The van der Waals surface area contributed by atoms with E-state index >= 15 is 0 Å². The monoisotopic (exact) mass is 346 g/mol. The second kappa shape index (κ2) is 11.7. The van der Waals surface area contributed by atoms with Crippen LogP contribution in [0.2, 0.25) is 0 Å². The van der Waals surface area contributed by atoms with Crippen LogP contribution >= 0.6 is 12.8 Å². The van der Waals surface area contributed by atoms with Gasteiger partial charge in [-0.15, -0.1) is 0 Å². The zero-order chi connectivity index (χ0) is 17.8. The van der Waals surface area contributed by atoms with Crippen LogP contribution in [-0.4, -0.2) is 29.7 Å². The van der Waals surface area contributed by atoms with Crippen molar-refractivity contribution in [3.63, 3.8) is 0 Å². The van der Waals surface area contributed by atoms with Crippen molar-refractivity contribution in [1.29, 1.82) is 0 Å². The highest BCUT2D eigenvalue weighted by molar-refractivity contribution is 7.78. The lowest BCUT2D eigenvalue weighted by Crippen LogP contribution is -2.42. The van der Waals surface area contributed by atoms with Gasteiger partial charge in [0.1, 0.15) is 0 Å². The molecular weight excluding hydrogens is 320 g/mol. The Kier molecular flexibility index (Phi) is 9.84. The lowest BCUT2D eigenvalue weighted by atomic mass is 9.94. The molecule has 5 heteroatoms. The van der Waals surface area contributed by atoms with Crippen LogP contribution in [0.15, 0.2) is 67.3 Å². The highest BCUT2D eigenvalue weighted by Gasteiger charge is 2.22. The van der Waals surface area contributed by atoms with E-state index in [-0.39, 0.29) is 12.1 Å². The van der Waals surface area contributed by atoms with Gasteiger partial charge in [-0.25, -0.2) is 0 Å². The average molecular weight is 346 g/mol. The number of aliphatic hydroxyl groups is 1. The second-order valence-corrected chi connectivity index (χ2v) is 5.85. The number of allylic oxidation sites excluding steroid dienone is 3. The van der Waals surface area contributed by atoms with Crippen molar-refractivity contribution < 1.29 is 9.90 Å². The molecule has 0 spiro atoms. The summed E-state index contributed by atoms with van der Waals surface area (Å²) < 4.78 is 2.84. The molecule has 0 fully saturated rings. The van der Waals surface area contributed by atoms with Crippen LogP contribution in [0, 0.1) is 0 Å². The number of thiol groups is 1. The highest BCUT2D eigenvalue weighted by Crippen LogP contribution is 2.16. The molecule has 24 heavy (non-hydrogen) atoms. The predicted molar refractivity (Wildman–Crippen MR) is 103 cm³/mol. The van der Waals surface area contributed by atoms with Gasteiger partial charge in [0.25, 0.3) is 0 Å². The Morgan fingerprint density at radius 3 is 2.54 bits per heavy atom. The minimum Gasteiger partial charge on any atom is -0.391 e. The van der Waals surface area contributed by atoms with E-state index in [0.29, 0.717) is 25.7 Å². The molecule has 0 aromatic heterocycles. The van der Waals surface area contributed by atoms with Crippen molar-refractivity contribution in [2.45, 2.75) is 37.5 Å². The van der Waals surface area contributed by atoms with E-state index in [1.54, 1.807) is 12.2 Å². The molecular formula is C19H26N2O2S. The minimum atomic E-state index is -0.670. The van der Waals surface area contributed by atoms with E-state index in [1.165, 1.54) is 0 Å². The van der Waals surface area contributed by atoms with Crippen molar-refractivity contribution in [3.8, 4) is 0 Å². The predicted octanol–water partition coefficient (Wildman–Crippen LogP) is 2.59. The first-order valence-corrected chi connectivity index (χ1v) is 8.34. The van der Waals surface area contributed by atoms with E-state index in [1.807, 2.05) is 36.4 Å². The third-order valence-corrected chi connectivity index (χ3v) is 4.17. The van der Waals surface area contributed by atoms with Crippen molar-refractivity contribution in [3.05, 3.63) is 72.9 Å². The van der Waals surface area contributed by atoms with Crippen LogP contribution in [0.1, 0.15) is 18.4 Å². The van der Waals surface area contributed by atoms with Crippen molar-refractivity contribution in [2.24, 2.45) is 0 Å². The van der Waals surface area contributed by atoms with E-state index < -0.39 is 6.10 Å². The molecule has 3 atom stereocenters. The summed E-state index contributed by atoms with van der Waals surface area (Å²) >= 11 is 4.12. The van der Waals surface area contributed by atoms with Crippen LogP contribution < -0.4 is 10.0 Å². The smallest absolute Gasteiger partial charge is 0.207 e. The first kappa shape index (κ1) is 20.2. The summed E-state index contributed by atoms with van der Waals surface area (Å²) in [5.74, 6) is 0. The Hall–Kier alpha value is -1.82. The summed E-state index contributed by atoms with van der Waals surface area (Å²) in [6.07, 6.45) is 6.93. The van der Waals surface area contributed by atoms with Gasteiger partial charge in [-0.1, -0.05) is 74.5 Å². The summed E-state index contributed by atoms with van der Waals surface area (Å²) in [7, 11) is 0. The maximum Gasteiger partial charge on any atom is 0.207 e. The van der Waals surface area contributed by atoms with Crippen LogP contribution in [0.5, 0.6) is 0 Å². The molecule has 0 aliphatic carbocycles. The van der Waals surface area contributed by atoms with Gasteiger partial charge < -0.3 is 10.4 Å². The number of nitrogens with one attached hydrogen (secondary N) is 2. The van der Waals surface area contributed by atoms with Crippen LogP contribution in [0.4, 0.5) is 0 Å². The molecule has 0 heterocycles. The normalized spacial score (nSPS) is 15.2. The molecule has 0 aliphatic heterocycles. The third-order valence-electron chi connectivity index (χ3n) is 3.83. The topological polar surface area (TPSA) is 61.4 Å². The number of amides is 1. The second-order valence-electron chi connectivity index (χ2n) is 5.60. The summed E-state index contributed by atoms with van der Waals surface area (Å²) in [4.78, 5) is 10.9. The SMILES string of the molecule is C=C/C=C(\C=C)CC(NS)C(O)CC(Cc1ccccc1)NC=O. The molecule has 0 saturated carbocycles. The van der Waals surface area contributed by atoms with Gasteiger partial charge >= 0.3 is 0 Å². The Bertz CT molecular complexity index is 546. The number of benzene rings is 1. The van der Waals surface area contributed by atoms with Gasteiger partial charge in [0.05, 0.1) is 6.10 Å². The first-order chi connectivity index (χ1) is 11.6. The molecule has 0 aliphatic rings. The van der Waals surface area contributed by atoms with E-state index in [2.05, 4.69) is 36.0 Å². The van der Waals surface area contributed by atoms with Gasteiger partial charge in [0, 0.05) is 12.1 Å². The van der Waals surface area contributed by atoms with E-state index in [4.69, 9.17) is 0 Å². The summed E-state index contributed by atoms with van der Waals surface area (Å²) in [6.45, 7) is 7.43. The van der Waals surface area contributed by atoms with Crippen molar-refractivity contribution >= 4 is 19.2 Å². The van der Waals surface area contributed by atoms with Gasteiger partial charge in [-0.2, -0.15) is 0 Å². The Labute approximate surface area is 149 Å². The maximum atomic E-state index is 10.9. The molecule has 3 N–H and O–H groups in total. The number of carbonyl (C=O) groups is 1. The molecule has 1 aromatic carbocycles. The summed E-state index contributed by atoms with van der Waals surface area (Å²) in [5, 5.41) is 13.3. The van der Waals surface area contributed by atoms with Gasteiger partial charge in [0.15, 0.2) is 0 Å². The first-order valence-electron chi connectivity index (χ1n) is 7.89. The van der Waals surface area contributed by atoms with Gasteiger partial charge in [-0.05, 0) is 30.4 Å². The van der Waals surface area contributed by atoms with Crippen LogP contribution in [0.25, 0.3) is 0 Å². The van der Waals surface area contributed by atoms with E-state index in [0.717, 1.165) is 11.1 Å². The Morgan fingerprint density at radius 1 is 1.29 bits per heavy atom. The molecule has 0 radical (unpaired) electrons. The molecule has 1 rings (SSSR count). The van der Waals surface area contributed by atoms with Gasteiger partial charge in [-0.3, -0.25) is 9.52 Å². The number of carbonyl (C=O) groups excluding carboxylic acids is 1. The summed E-state index contributed by atoms with van der Waals surface area (Å²) in [5.41, 5.74) is 2.07. The standard InChI is InChI=1S/C19H26N2O2S/c1-3-8-15(4-2)12-18(21-24)19(23)13-17(20-14-22)11-16-9-6-5-7-10-16/h3-10,14,17-19,21,23-24H,1-2,11-13H2,(H,20,22)/b15-8+. The quantitative estimate of drug-likeness (QED) is 0.267. The molecule has 4 nitrogen and oxygen atoms in total. The lowest BCUT2D eigenvalue weighted by Gasteiger charge is -2.26. The molecule has 0 saturated heterocycles. The number of hydrogen-bond acceptors (Lipinski definition) is 4. The molecule has 3 unspecified atom stereocenters. The number of aliphatic hydroxyl groups excluding tert-OH is 1. The van der Waals surface area contributed by atoms with Gasteiger partial charge in [0.2, 0.25) is 6.41 Å². The minimum absolute atomic E-state index is 0.153. The highest BCUT2D eigenvalue weighted by atomic mass is 32.1. The third kappa shape index (κ3) is 7.17. The van der Waals surface area contributed by atoms with Crippen molar-refractivity contribution in [1.82, 2.24) is 10.0 Å². The van der Waals surface area contributed by atoms with Crippen molar-refractivity contribution in [2.75, 3.05) is 0 Å². The van der Waals surface area contributed by atoms with Crippen LogP contribution in [-0.2, 0) is 11.2 Å². The fourth-order valence-corrected chi connectivity index (χ4v) is 2.82. The van der Waals surface area contributed by atoms with Crippen LogP contribution in [0.3, 0.4) is 0 Å². The summed E-state index contributed by atoms with van der Waals surface area (Å²) in [6, 6.07) is 9.45. The Morgan fingerprint density at radius 2 is 2.00 bits per heavy atom. The largest absolute Gasteiger partial charge is 0.391 e. The number of rotatable bonds is 12. The zero-order valence-corrected chi connectivity index (χ0v) is 14.7. The average Bonchev–Trinajstić information content (AvgIpc) is 2.59. The Balaban J connectivity index is 2.72.